The normalized spacial score (nSPS) is 12.4. The summed E-state index contributed by atoms with van der Waals surface area (Å²) < 4.78 is 5.67. The first-order valence-corrected chi connectivity index (χ1v) is 7.18. The van der Waals surface area contributed by atoms with Crippen molar-refractivity contribution in [1.29, 1.82) is 0 Å². The third kappa shape index (κ3) is 3.99. The molecule has 0 aromatic heterocycles. The second kappa shape index (κ2) is 6.78. The molecule has 2 nitrogen and oxygen atoms in total. The molecule has 0 radical (unpaired) electrons. The monoisotopic (exact) mass is 289 g/mol. The van der Waals surface area contributed by atoms with Gasteiger partial charge in [0.05, 0.1) is 6.04 Å². The number of hydrogen-bond donors (Lipinski definition) is 1. The van der Waals surface area contributed by atoms with Gasteiger partial charge in [0.15, 0.2) is 0 Å². The molecule has 1 unspecified atom stereocenters. The lowest BCUT2D eigenvalue weighted by Crippen LogP contribution is -2.19. The molecule has 2 rings (SSSR count). The van der Waals surface area contributed by atoms with Crippen LogP contribution < -0.4 is 10.5 Å². The number of ether oxygens (including phenoxy) is 1. The zero-order valence-corrected chi connectivity index (χ0v) is 12.6. The van der Waals surface area contributed by atoms with Crippen molar-refractivity contribution in [3.63, 3.8) is 0 Å². The Bertz CT molecular complexity index is 534. The van der Waals surface area contributed by atoms with Crippen molar-refractivity contribution in [2.24, 2.45) is 5.73 Å². The van der Waals surface area contributed by atoms with Crippen LogP contribution in [0.3, 0.4) is 0 Å². The number of nitrogens with two attached hydrogens (primary N) is 1. The van der Waals surface area contributed by atoms with Crippen molar-refractivity contribution in [2.45, 2.75) is 25.8 Å². The minimum absolute atomic E-state index is 0.133. The summed E-state index contributed by atoms with van der Waals surface area (Å²) in [4.78, 5) is 0. The van der Waals surface area contributed by atoms with Crippen LogP contribution in [0.15, 0.2) is 48.5 Å². The van der Waals surface area contributed by atoms with E-state index in [1.54, 1.807) is 12.1 Å². The van der Waals surface area contributed by atoms with Crippen LogP contribution in [0, 0.1) is 0 Å². The summed E-state index contributed by atoms with van der Waals surface area (Å²) in [6, 6.07) is 15.6. The Balaban J connectivity index is 1.94. The average molecular weight is 290 g/mol. The highest BCUT2D eigenvalue weighted by molar-refractivity contribution is 6.30. The van der Waals surface area contributed by atoms with Crippen LogP contribution >= 0.6 is 11.6 Å². The smallest absolute Gasteiger partial charge is 0.119 e. The Hall–Kier alpha value is -1.51. The highest BCUT2D eigenvalue weighted by Gasteiger charge is 2.08. The van der Waals surface area contributed by atoms with Crippen molar-refractivity contribution in [2.75, 3.05) is 6.61 Å². The molecular formula is C17H20ClNO. The zero-order valence-electron chi connectivity index (χ0n) is 11.8. The Morgan fingerprint density at radius 2 is 1.50 bits per heavy atom. The standard InChI is InChI=1S/C17H20ClNO/c1-12(2)13-3-5-14(6-4-13)17(19)11-20-16-9-7-15(18)8-10-16/h3-10,12,17H,11,19H2,1-2H3. The minimum Gasteiger partial charge on any atom is -0.492 e. The van der Waals surface area contributed by atoms with E-state index < -0.39 is 0 Å². The molecule has 0 saturated heterocycles. The van der Waals surface area contributed by atoms with E-state index in [0.717, 1.165) is 11.3 Å². The molecule has 0 spiro atoms. The lowest BCUT2D eigenvalue weighted by atomic mass is 10.00. The maximum atomic E-state index is 6.15. The van der Waals surface area contributed by atoms with Crippen molar-refractivity contribution >= 4 is 11.6 Å². The highest BCUT2D eigenvalue weighted by atomic mass is 35.5. The molecule has 2 aromatic carbocycles. The van der Waals surface area contributed by atoms with E-state index in [1.165, 1.54) is 5.56 Å². The Labute approximate surface area is 125 Å². The first-order chi connectivity index (χ1) is 9.56. The Morgan fingerprint density at radius 1 is 0.950 bits per heavy atom. The third-order valence-electron chi connectivity index (χ3n) is 3.27. The zero-order chi connectivity index (χ0) is 14.5. The molecule has 0 fully saturated rings. The second-order valence-corrected chi connectivity index (χ2v) is 5.63. The van der Waals surface area contributed by atoms with E-state index in [4.69, 9.17) is 22.1 Å². The first kappa shape index (κ1) is 14.9. The van der Waals surface area contributed by atoms with Gasteiger partial charge in [0.25, 0.3) is 0 Å². The van der Waals surface area contributed by atoms with Gasteiger partial charge in [-0.1, -0.05) is 49.7 Å². The van der Waals surface area contributed by atoms with Gasteiger partial charge in [-0.2, -0.15) is 0 Å². The van der Waals surface area contributed by atoms with Gasteiger partial charge >= 0.3 is 0 Å². The fraction of sp³-hybridized carbons (Fsp3) is 0.294. The highest BCUT2D eigenvalue weighted by Crippen LogP contribution is 2.20. The topological polar surface area (TPSA) is 35.2 Å². The molecule has 2 N–H and O–H groups in total. The summed E-state index contributed by atoms with van der Waals surface area (Å²) in [6.07, 6.45) is 0. The molecule has 0 aliphatic heterocycles. The van der Waals surface area contributed by atoms with Gasteiger partial charge < -0.3 is 10.5 Å². The second-order valence-electron chi connectivity index (χ2n) is 5.19. The van der Waals surface area contributed by atoms with E-state index >= 15 is 0 Å². The van der Waals surface area contributed by atoms with Gasteiger partial charge in [-0.3, -0.25) is 0 Å². The molecule has 0 saturated carbocycles. The van der Waals surface area contributed by atoms with Gasteiger partial charge in [-0.25, -0.2) is 0 Å². The lowest BCUT2D eigenvalue weighted by molar-refractivity contribution is 0.290. The Morgan fingerprint density at radius 3 is 2.05 bits per heavy atom. The molecular weight excluding hydrogens is 270 g/mol. The first-order valence-electron chi connectivity index (χ1n) is 6.80. The number of hydrogen-bond acceptors (Lipinski definition) is 2. The van der Waals surface area contributed by atoms with Crippen LogP contribution in [0.1, 0.15) is 36.9 Å². The predicted octanol–water partition coefficient (Wildman–Crippen LogP) is 4.54. The minimum atomic E-state index is -0.133. The molecule has 0 aliphatic carbocycles. The van der Waals surface area contributed by atoms with E-state index in [2.05, 4.69) is 38.1 Å². The van der Waals surface area contributed by atoms with E-state index in [9.17, 15) is 0 Å². The van der Waals surface area contributed by atoms with Gasteiger partial charge in [0.2, 0.25) is 0 Å². The largest absolute Gasteiger partial charge is 0.492 e. The summed E-state index contributed by atoms with van der Waals surface area (Å²) >= 11 is 5.83. The van der Waals surface area contributed by atoms with Gasteiger partial charge in [0, 0.05) is 5.02 Å². The number of benzene rings is 2. The summed E-state index contributed by atoms with van der Waals surface area (Å²) in [5, 5.41) is 0.700. The average Bonchev–Trinajstić information content (AvgIpc) is 2.46. The van der Waals surface area contributed by atoms with Gasteiger partial charge in [-0.05, 0) is 41.3 Å². The van der Waals surface area contributed by atoms with Crippen LogP contribution in [-0.4, -0.2) is 6.61 Å². The van der Waals surface area contributed by atoms with Crippen molar-refractivity contribution in [3.8, 4) is 5.75 Å². The molecule has 0 amide bonds. The number of rotatable bonds is 5. The Kier molecular flexibility index (Phi) is 5.05. The van der Waals surface area contributed by atoms with Crippen molar-refractivity contribution in [1.82, 2.24) is 0 Å². The van der Waals surface area contributed by atoms with Crippen LogP contribution in [-0.2, 0) is 0 Å². The SMILES string of the molecule is CC(C)c1ccc(C(N)COc2ccc(Cl)cc2)cc1. The number of halogens is 1. The fourth-order valence-electron chi connectivity index (χ4n) is 1.94. The molecule has 20 heavy (non-hydrogen) atoms. The summed E-state index contributed by atoms with van der Waals surface area (Å²) in [5.74, 6) is 1.31. The third-order valence-corrected chi connectivity index (χ3v) is 3.53. The summed E-state index contributed by atoms with van der Waals surface area (Å²) in [6.45, 7) is 4.81. The van der Waals surface area contributed by atoms with E-state index in [0.29, 0.717) is 17.5 Å². The maximum absolute atomic E-state index is 6.15. The van der Waals surface area contributed by atoms with Crippen molar-refractivity contribution < 1.29 is 4.74 Å². The van der Waals surface area contributed by atoms with Gasteiger partial charge in [-0.15, -0.1) is 0 Å². The molecule has 3 heteroatoms. The maximum Gasteiger partial charge on any atom is 0.119 e. The summed E-state index contributed by atoms with van der Waals surface area (Å²) in [5.41, 5.74) is 8.55. The van der Waals surface area contributed by atoms with Crippen LogP contribution in [0.2, 0.25) is 5.02 Å². The molecule has 2 aromatic rings. The lowest BCUT2D eigenvalue weighted by Gasteiger charge is -2.15. The van der Waals surface area contributed by atoms with Gasteiger partial charge in [0.1, 0.15) is 12.4 Å². The van der Waals surface area contributed by atoms with Crippen LogP contribution in [0.25, 0.3) is 0 Å². The molecule has 0 aliphatic rings. The quantitative estimate of drug-likeness (QED) is 0.877. The van der Waals surface area contributed by atoms with E-state index in [-0.39, 0.29) is 6.04 Å². The fourth-order valence-corrected chi connectivity index (χ4v) is 2.07. The van der Waals surface area contributed by atoms with Crippen LogP contribution in [0.5, 0.6) is 5.75 Å². The van der Waals surface area contributed by atoms with E-state index in [1.807, 2.05) is 12.1 Å². The molecule has 106 valence electrons. The van der Waals surface area contributed by atoms with Crippen LogP contribution in [0.4, 0.5) is 0 Å². The summed E-state index contributed by atoms with van der Waals surface area (Å²) in [7, 11) is 0. The predicted molar refractivity (Wildman–Crippen MR) is 84.4 cm³/mol. The molecule has 0 heterocycles. The molecule has 1 atom stereocenters. The molecule has 0 bridgehead atoms. The van der Waals surface area contributed by atoms with Crippen molar-refractivity contribution in [3.05, 3.63) is 64.7 Å².